The zero-order valence-electron chi connectivity index (χ0n) is 10.4. The van der Waals surface area contributed by atoms with Gasteiger partial charge < -0.3 is 10.4 Å². The molecule has 21 heavy (non-hydrogen) atoms. The zero-order valence-corrected chi connectivity index (χ0v) is 11.9. The van der Waals surface area contributed by atoms with E-state index in [0.717, 1.165) is 6.07 Å². The van der Waals surface area contributed by atoms with Crippen LogP contribution in [0.5, 0.6) is 0 Å². The Morgan fingerprint density at radius 2 is 1.86 bits per heavy atom. The number of hydrogen-bond acceptors (Lipinski definition) is 2. The highest BCUT2D eigenvalue weighted by molar-refractivity contribution is 6.34. The largest absolute Gasteiger partial charge is 0.478 e. The van der Waals surface area contributed by atoms with Gasteiger partial charge in [-0.15, -0.1) is 0 Å². The van der Waals surface area contributed by atoms with Gasteiger partial charge in [0.1, 0.15) is 5.82 Å². The third-order valence-corrected chi connectivity index (χ3v) is 3.20. The first-order valence-electron chi connectivity index (χ1n) is 5.67. The van der Waals surface area contributed by atoms with E-state index in [-0.39, 0.29) is 26.9 Å². The minimum atomic E-state index is -1.18. The molecule has 0 aliphatic heterocycles. The molecule has 0 aromatic heterocycles. The Hall–Kier alpha value is -2.11. The second-order valence-corrected chi connectivity index (χ2v) is 4.90. The van der Waals surface area contributed by atoms with E-state index >= 15 is 0 Å². The Bertz CT molecular complexity index is 734. The first-order chi connectivity index (χ1) is 9.88. The Kier molecular flexibility index (Phi) is 4.45. The number of carboxylic acid groups (broad SMARTS) is 1. The van der Waals surface area contributed by atoms with Crippen molar-refractivity contribution < 1.29 is 19.1 Å². The van der Waals surface area contributed by atoms with E-state index in [1.54, 1.807) is 0 Å². The van der Waals surface area contributed by atoms with Gasteiger partial charge in [0.25, 0.3) is 5.91 Å². The molecule has 2 N–H and O–H groups in total. The van der Waals surface area contributed by atoms with Crippen LogP contribution in [0.3, 0.4) is 0 Å². The summed E-state index contributed by atoms with van der Waals surface area (Å²) in [4.78, 5) is 22.9. The second-order valence-electron chi connectivity index (χ2n) is 4.09. The number of aromatic carboxylic acids is 1. The minimum Gasteiger partial charge on any atom is -0.478 e. The van der Waals surface area contributed by atoms with E-state index in [2.05, 4.69) is 5.32 Å². The predicted molar refractivity (Wildman–Crippen MR) is 77.8 cm³/mol. The average molecular weight is 328 g/mol. The van der Waals surface area contributed by atoms with E-state index in [9.17, 15) is 14.0 Å². The highest BCUT2D eigenvalue weighted by atomic mass is 35.5. The number of nitrogens with one attached hydrogen (secondary N) is 1. The van der Waals surface area contributed by atoms with Crippen LogP contribution in [0.2, 0.25) is 10.0 Å². The second kappa shape index (κ2) is 6.11. The molecule has 4 nitrogen and oxygen atoms in total. The van der Waals surface area contributed by atoms with Crippen molar-refractivity contribution in [3.63, 3.8) is 0 Å². The van der Waals surface area contributed by atoms with Crippen molar-refractivity contribution >= 4 is 40.8 Å². The molecule has 0 heterocycles. The standard InChI is InChI=1S/C14H8Cl2FNO3/c15-8-4-7(14(20)21)5-9(6-8)18-13(19)10-2-1-3-11(17)12(10)16/h1-6H,(H,18,19)(H,20,21). The van der Waals surface area contributed by atoms with Gasteiger partial charge in [-0.1, -0.05) is 29.3 Å². The van der Waals surface area contributed by atoms with Crippen molar-refractivity contribution in [2.45, 2.75) is 0 Å². The van der Waals surface area contributed by atoms with E-state index in [1.165, 1.54) is 30.3 Å². The molecule has 2 aromatic rings. The van der Waals surface area contributed by atoms with Crippen LogP contribution in [-0.2, 0) is 0 Å². The fraction of sp³-hybridized carbons (Fsp3) is 0. The number of hydrogen-bond donors (Lipinski definition) is 2. The van der Waals surface area contributed by atoms with Crippen LogP contribution in [0.1, 0.15) is 20.7 Å². The summed E-state index contributed by atoms with van der Waals surface area (Å²) in [7, 11) is 0. The number of carbonyl (C=O) groups excluding carboxylic acids is 1. The Balaban J connectivity index is 2.31. The number of carboxylic acids is 1. The lowest BCUT2D eigenvalue weighted by molar-refractivity contribution is 0.0696. The Morgan fingerprint density at radius 1 is 1.14 bits per heavy atom. The summed E-state index contributed by atoms with van der Waals surface area (Å²) in [5.41, 5.74) is 0.0295. The molecule has 0 saturated heterocycles. The lowest BCUT2D eigenvalue weighted by Crippen LogP contribution is -2.13. The summed E-state index contributed by atoms with van der Waals surface area (Å²) in [6.07, 6.45) is 0. The molecule has 0 radical (unpaired) electrons. The molecule has 0 spiro atoms. The fourth-order valence-corrected chi connectivity index (χ4v) is 2.11. The molecule has 0 aliphatic rings. The van der Waals surface area contributed by atoms with Crippen LogP contribution < -0.4 is 5.32 Å². The summed E-state index contributed by atoms with van der Waals surface area (Å²) in [6.45, 7) is 0. The molecular weight excluding hydrogens is 320 g/mol. The van der Waals surface area contributed by atoms with Crippen molar-refractivity contribution in [3.8, 4) is 0 Å². The predicted octanol–water partition coefficient (Wildman–Crippen LogP) is 4.08. The van der Waals surface area contributed by atoms with Crippen molar-refractivity contribution in [1.82, 2.24) is 0 Å². The lowest BCUT2D eigenvalue weighted by atomic mass is 10.1. The Morgan fingerprint density at radius 3 is 2.52 bits per heavy atom. The molecule has 108 valence electrons. The molecule has 7 heteroatoms. The average Bonchev–Trinajstić information content (AvgIpc) is 2.41. The van der Waals surface area contributed by atoms with Gasteiger partial charge in [-0.25, -0.2) is 9.18 Å². The van der Waals surface area contributed by atoms with Crippen molar-refractivity contribution in [2.24, 2.45) is 0 Å². The first-order valence-corrected chi connectivity index (χ1v) is 6.43. The van der Waals surface area contributed by atoms with E-state index in [1.807, 2.05) is 0 Å². The number of rotatable bonds is 3. The molecule has 0 fully saturated rings. The third kappa shape index (κ3) is 3.51. The lowest BCUT2D eigenvalue weighted by Gasteiger charge is -2.08. The highest BCUT2D eigenvalue weighted by Gasteiger charge is 2.15. The van der Waals surface area contributed by atoms with Crippen LogP contribution in [0.15, 0.2) is 36.4 Å². The molecule has 0 saturated carbocycles. The maximum atomic E-state index is 13.3. The fourth-order valence-electron chi connectivity index (χ4n) is 1.66. The number of anilines is 1. The SMILES string of the molecule is O=C(O)c1cc(Cl)cc(NC(=O)c2cccc(F)c2Cl)c1. The maximum Gasteiger partial charge on any atom is 0.335 e. The van der Waals surface area contributed by atoms with Gasteiger partial charge in [-0.3, -0.25) is 4.79 Å². The van der Waals surface area contributed by atoms with Gasteiger partial charge in [0.15, 0.2) is 0 Å². The van der Waals surface area contributed by atoms with Crippen LogP contribution >= 0.6 is 23.2 Å². The topological polar surface area (TPSA) is 66.4 Å². The minimum absolute atomic E-state index is 0.0616. The highest BCUT2D eigenvalue weighted by Crippen LogP contribution is 2.23. The third-order valence-electron chi connectivity index (χ3n) is 2.60. The maximum absolute atomic E-state index is 13.3. The normalized spacial score (nSPS) is 10.2. The van der Waals surface area contributed by atoms with E-state index < -0.39 is 17.7 Å². The summed E-state index contributed by atoms with van der Waals surface area (Å²) in [5.74, 6) is -2.57. The van der Waals surface area contributed by atoms with Crippen LogP contribution in [0.25, 0.3) is 0 Å². The molecule has 1 amide bonds. The summed E-state index contributed by atoms with van der Waals surface area (Å²) in [6, 6.07) is 7.67. The van der Waals surface area contributed by atoms with E-state index in [0.29, 0.717) is 0 Å². The van der Waals surface area contributed by atoms with Crippen LogP contribution in [0, 0.1) is 5.82 Å². The molecule has 0 unspecified atom stereocenters. The molecule has 2 rings (SSSR count). The smallest absolute Gasteiger partial charge is 0.335 e. The monoisotopic (exact) mass is 327 g/mol. The van der Waals surface area contributed by atoms with Crippen molar-refractivity contribution in [2.75, 3.05) is 5.32 Å². The van der Waals surface area contributed by atoms with Gasteiger partial charge in [0.2, 0.25) is 0 Å². The molecule has 2 aromatic carbocycles. The molecule has 0 aliphatic carbocycles. The Labute approximate surface area is 129 Å². The number of amides is 1. The molecule has 0 bridgehead atoms. The summed E-state index contributed by atoms with van der Waals surface area (Å²) < 4.78 is 13.3. The number of benzene rings is 2. The summed E-state index contributed by atoms with van der Waals surface area (Å²) >= 11 is 11.5. The van der Waals surface area contributed by atoms with E-state index in [4.69, 9.17) is 28.3 Å². The zero-order chi connectivity index (χ0) is 15.6. The van der Waals surface area contributed by atoms with Crippen LogP contribution in [0.4, 0.5) is 10.1 Å². The quantitative estimate of drug-likeness (QED) is 0.892. The number of carbonyl (C=O) groups is 2. The van der Waals surface area contributed by atoms with Gasteiger partial charge in [0.05, 0.1) is 16.1 Å². The summed E-state index contributed by atoms with van der Waals surface area (Å²) in [5, 5.41) is 11.2. The molecular formula is C14H8Cl2FNO3. The van der Waals surface area contributed by atoms with Gasteiger partial charge >= 0.3 is 5.97 Å². The van der Waals surface area contributed by atoms with Crippen molar-refractivity contribution in [3.05, 3.63) is 63.4 Å². The van der Waals surface area contributed by atoms with Crippen LogP contribution in [-0.4, -0.2) is 17.0 Å². The molecule has 0 atom stereocenters. The first kappa shape index (κ1) is 15.3. The number of halogens is 3. The van der Waals surface area contributed by atoms with Gasteiger partial charge in [-0.05, 0) is 30.3 Å². The van der Waals surface area contributed by atoms with Gasteiger partial charge in [-0.2, -0.15) is 0 Å². The van der Waals surface area contributed by atoms with Crippen molar-refractivity contribution in [1.29, 1.82) is 0 Å². The van der Waals surface area contributed by atoms with Gasteiger partial charge in [0, 0.05) is 10.7 Å².